The van der Waals surface area contributed by atoms with Gasteiger partial charge in [-0.1, -0.05) is 0 Å². The molecule has 0 aliphatic heterocycles. The van der Waals surface area contributed by atoms with Gasteiger partial charge in [-0.2, -0.15) is 5.26 Å². The first-order valence-corrected chi connectivity index (χ1v) is 5.06. The summed E-state index contributed by atoms with van der Waals surface area (Å²) in [5, 5.41) is 10.8. The fourth-order valence-electron chi connectivity index (χ4n) is 1.21. The summed E-state index contributed by atoms with van der Waals surface area (Å²) in [6, 6.07) is 1.33. The summed E-state index contributed by atoms with van der Waals surface area (Å²) in [6.45, 7) is -0.0953. The monoisotopic (exact) mass is 227 g/mol. The van der Waals surface area contributed by atoms with Gasteiger partial charge in [-0.05, 0) is 19.3 Å². The molecule has 0 fully saturated rings. The van der Waals surface area contributed by atoms with Crippen LogP contribution in [-0.4, -0.2) is 31.6 Å². The van der Waals surface area contributed by atoms with Crippen molar-refractivity contribution in [3.05, 3.63) is 0 Å². The maximum atomic E-state index is 11.2. The maximum absolute atomic E-state index is 11.2. The number of hydrogen-bond donors (Lipinski definition) is 2. The fourth-order valence-corrected chi connectivity index (χ4v) is 1.21. The highest BCUT2D eigenvalue weighted by atomic mass is 16.5. The Hall–Kier alpha value is -1.61. The molecular weight excluding hydrogens is 210 g/mol. The zero-order valence-electron chi connectivity index (χ0n) is 9.36. The first-order chi connectivity index (χ1) is 7.61. The summed E-state index contributed by atoms with van der Waals surface area (Å²) in [7, 11) is 1.39. The molecule has 0 bridgehead atoms. The predicted molar refractivity (Wildman–Crippen MR) is 57.1 cm³/mol. The standard InChI is InChI=1S/C10H17N3O3/c1-16-7-9(14)13-8(10(12)15)5-3-2-4-6-11/h8H,2-5,7H2,1H3,(H2,12,15)(H,13,14)/t8-/m0/s1. The highest BCUT2D eigenvalue weighted by Crippen LogP contribution is 2.03. The minimum Gasteiger partial charge on any atom is -0.375 e. The van der Waals surface area contributed by atoms with E-state index in [-0.39, 0.29) is 12.5 Å². The highest BCUT2D eigenvalue weighted by molar-refractivity contribution is 5.86. The Morgan fingerprint density at radius 1 is 1.50 bits per heavy atom. The third kappa shape index (κ3) is 6.79. The molecule has 0 saturated carbocycles. The van der Waals surface area contributed by atoms with E-state index in [1.165, 1.54) is 7.11 Å². The summed E-state index contributed by atoms with van der Waals surface area (Å²) >= 11 is 0. The molecule has 3 N–H and O–H groups in total. The average Bonchev–Trinajstić information content (AvgIpc) is 2.22. The Morgan fingerprint density at radius 3 is 2.69 bits per heavy atom. The number of nitrogens with one attached hydrogen (secondary N) is 1. The number of nitrogens with zero attached hydrogens (tertiary/aromatic N) is 1. The van der Waals surface area contributed by atoms with Crippen molar-refractivity contribution in [1.29, 1.82) is 5.26 Å². The molecule has 0 heterocycles. The molecule has 2 amide bonds. The van der Waals surface area contributed by atoms with Gasteiger partial charge < -0.3 is 15.8 Å². The molecule has 0 radical (unpaired) electrons. The summed E-state index contributed by atoms with van der Waals surface area (Å²) in [5.41, 5.74) is 5.14. The van der Waals surface area contributed by atoms with Gasteiger partial charge in [0.2, 0.25) is 11.8 Å². The normalized spacial score (nSPS) is 11.5. The number of rotatable bonds is 8. The Bertz CT molecular complexity index is 273. The first kappa shape index (κ1) is 14.4. The Balaban J connectivity index is 3.94. The topological polar surface area (TPSA) is 105 Å². The van der Waals surface area contributed by atoms with Crippen LogP contribution in [0.2, 0.25) is 0 Å². The van der Waals surface area contributed by atoms with Crippen LogP contribution in [0.5, 0.6) is 0 Å². The minimum atomic E-state index is -0.679. The molecule has 0 aromatic carbocycles. The molecule has 90 valence electrons. The number of nitrogens with two attached hydrogens (primary N) is 1. The van der Waals surface area contributed by atoms with Crippen LogP contribution in [0, 0.1) is 11.3 Å². The Kier molecular flexibility index (Phi) is 7.81. The van der Waals surface area contributed by atoms with Crippen LogP contribution in [0.25, 0.3) is 0 Å². The summed E-state index contributed by atoms with van der Waals surface area (Å²) in [5.74, 6) is -0.937. The lowest BCUT2D eigenvalue weighted by atomic mass is 10.1. The number of hydrogen-bond acceptors (Lipinski definition) is 4. The van der Waals surface area contributed by atoms with Crippen LogP contribution in [0.3, 0.4) is 0 Å². The summed E-state index contributed by atoms with van der Waals surface area (Å²) < 4.78 is 4.62. The molecule has 6 heteroatoms. The predicted octanol–water partition coefficient (Wildman–Crippen LogP) is -0.313. The quantitative estimate of drug-likeness (QED) is 0.554. The van der Waals surface area contributed by atoms with Gasteiger partial charge >= 0.3 is 0 Å². The van der Waals surface area contributed by atoms with Crippen molar-refractivity contribution in [3.63, 3.8) is 0 Å². The molecule has 6 nitrogen and oxygen atoms in total. The largest absolute Gasteiger partial charge is 0.375 e. The number of carbonyl (C=O) groups excluding carboxylic acids is 2. The van der Waals surface area contributed by atoms with Crippen molar-refractivity contribution in [1.82, 2.24) is 5.32 Å². The fraction of sp³-hybridized carbons (Fsp3) is 0.700. The first-order valence-electron chi connectivity index (χ1n) is 5.06. The van der Waals surface area contributed by atoms with E-state index in [1.807, 2.05) is 6.07 Å². The number of amides is 2. The molecule has 0 aliphatic rings. The van der Waals surface area contributed by atoms with Crippen molar-refractivity contribution in [2.24, 2.45) is 5.73 Å². The van der Waals surface area contributed by atoms with E-state index in [2.05, 4.69) is 10.1 Å². The van der Waals surface area contributed by atoms with Crippen LogP contribution >= 0.6 is 0 Å². The van der Waals surface area contributed by atoms with Crippen LogP contribution in [0.15, 0.2) is 0 Å². The number of primary amides is 1. The molecule has 0 spiro atoms. The Labute approximate surface area is 94.7 Å². The summed E-state index contributed by atoms with van der Waals surface area (Å²) in [4.78, 5) is 22.2. The highest BCUT2D eigenvalue weighted by Gasteiger charge is 2.16. The van der Waals surface area contributed by atoms with Gasteiger partial charge in [0.15, 0.2) is 0 Å². The van der Waals surface area contributed by atoms with Gasteiger partial charge in [0.1, 0.15) is 12.6 Å². The van der Waals surface area contributed by atoms with Crippen molar-refractivity contribution < 1.29 is 14.3 Å². The molecule has 0 rings (SSSR count). The van der Waals surface area contributed by atoms with Gasteiger partial charge in [0.25, 0.3) is 0 Å². The van der Waals surface area contributed by atoms with E-state index < -0.39 is 11.9 Å². The zero-order valence-corrected chi connectivity index (χ0v) is 9.36. The lowest BCUT2D eigenvalue weighted by Gasteiger charge is -2.14. The third-order valence-corrected chi connectivity index (χ3v) is 1.99. The van der Waals surface area contributed by atoms with Gasteiger partial charge in [-0.15, -0.1) is 0 Å². The van der Waals surface area contributed by atoms with E-state index >= 15 is 0 Å². The molecule has 0 unspecified atom stereocenters. The van der Waals surface area contributed by atoms with E-state index in [9.17, 15) is 9.59 Å². The van der Waals surface area contributed by atoms with Crippen LogP contribution < -0.4 is 11.1 Å². The Morgan fingerprint density at radius 2 is 2.19 bits per heavy atom. The number of unbranched alkanes of at least 4 members (excludes halogenated alkanes) is 2. The molecule has 0 aromatic heterocycles. The van der Waals surface area contributed by atoms with Crippen LogP contribution in [0.4, 0.5) is 0 Å². The van der Waals surface area contributed by atoms with Crippen molar-refractivity contribution in [3.8, 4) is 6.07 Å². The number of nitriles is 1. The lowest BCUT2D eigenvalue weighted by Crippen LogP contribution is -2.45. The van der Waals surface area contributed by atoms with Gasteiger partial charge in [-0.25, -0.2) is 0 Å². The van der Waals surface area contributed by atoms with Crippen LogP contribution in [-0.2, 0) is 14.3 Å². The molecular formula is C10H17N3O3. The second-order valence-corrected chi connectivity index (χ2v) is 3.36. The van der Waals surface area contributed by atoms with Crippen molar-refractivity contribution >= 4 is 11.8 Å². The lowest BCUT2D eigenvalue weighted by molar-refractivity contribution is -0.129. The van der Waals surface area contributed by atoms with Gasteiger partial charge in [-0.3, -0.25) is 9.59 Å². The molecule has 0 aromatic rings. The second-order valence-electron chi connectivity index (χ2n) is 3.36. The van der Waals surface area contributed by atoms with Gasteiger partial charge in [0, 0.05) is 13.5 Å². The van der Waals surface area contributed by atoms with E-state index in [1.54, 1.807) is 0 Å². The molecule has 1 atom stereocenters. The SMILES string of the molecule is COCC(=O)N[C@@H](CCCCC#N)C(N)=O. The zero-order chi connectivity index (χ0) is 12.4. The van der Waals surface area contributed by atoms with Gasteiger partial charge in [0.05, 0.1) is 6.07 Å². The second kappa shape index (κ2) is 8.68. The number of carbonyl (C=O) groups is 2. The number of ether oxygens (including phenoxy) is 1. The number of methoxy groups -OCH3 is 1. The van der Waals surface area contributed by atoms with Crippen molar-refractivity contribution in [2.75, 3.05) is 13.7 Å². The van der Waals surface area contributed by atoms with Crippen molar-refractivity contribution in [2.45, 2.75) is 31.7 Å². The minimum absolute atomic E-state index is 0.0953. The average molecular weight is 227 g/mol. The smallest absolute Gasteiger partial charge is 0.246 e. The molecule has 0 saturated heterocycles. The third-order valence-electron chi connectivity index (χ3n) is 1.99. The van der Waals surface area contributed by atoms with E-state index in [4.69, 9.17) is 11.0 Å². The maximum Gasteiger partial charge on any atom is 0.246 e. The molecule has 0 aliphatic carbocycles. The van der Waals surface area contributed by atoms with Crippen LogP contribution in [0.1, 0.15) is 25.7 Å². The molecule has 16 heavy (non-hydrogen) atoms. The van der Waals surface area contributed by atoms with E-state index in [0.717, 1.165) is 0 Å². The van der Waals surface area contributed by atoms with E-state index in [0.29, 0.717) is 25.7 Å². The summed E-state index contributed by atoms with van der Waals surface area (Å²) in [6.07, 6.45) is 2.26.